The number of rotatable bonds is 5. The summed E-state index contributed by atoms with van der Waals surface area (Å²) in [7, 11) is -1.70. The zero-order valence-electron chi connectivity index (χ0n) is 13.0. The Balaban J connectivity index is 1.81. The molecule has 0 spiro atoms. The number of esters is 1. The molecule has 1 aliphatic carbocycles. The lowest BCUT2D eigenvalue weighted by Gasteiger charge is -2.27. The van der Waals surface area contributed by atoms with Gasteiger partial charge in [0.2, 0.25) is 0 Å². The standard InChI is InChI=1S/C16H23NO4S/c1-21-16(18)13-5-7-14(8-6-13)17-11-12-3-9-15(10-4-12)22(2,19)20/h3-4,9-10,13-14,17H,5-8,11H2,1-2H3. The maximum absolute atomic E-state index is 11.5. The Hall–Kier alpha value is -1.40. The van der Waals surface area contributed by atoms with Gasteiger partial charge in [0.1, 0.15) is 0 Å². The first-order valence-corrected chi connectivity index (χ1v) is 9.39. The number of benzene rings is 1. The van der Waals surface area contributed by atoms with Gasteiger partial charge in [0.15, 0.2) is 9.84 Å². The first-order valence-electron chi connectivity index (χ1n) is 7.50. The van der Waals surface area contributed by atoms with Crippen molar-refractivity contribution in [2.75, 3.05) is 13.4 Å². The van der Waals surface area contributed by atoms with Crippen molar-refractivity contribution in [1.29, 1.82) is 0 Å². The highest BCUT2D eigenvalue weighted by molar-refractivity contribution is 7.90. The molecule has 6 heteroatoms. The van der Waals surface area contributed by atoms with Gasteiger partial charge in [-0.3, -0.25) is 4.79 Å². The molecule has 1 fully saturated rings. The monoisotopic (exact) mass is 325 g/mol. The zero-order valence-corrected chi connectivity index (χ0v) is 13.9. The van der Waals surface area contributed by atoms with Crippen LogP contribution in [0.5, 0.6) is 0 Å². The summed E-state index contributed by atoms with van der Waals surface area (Å²) in [6.07, 6.45) is 4.84. The van der Waals surface area contributed by atoms with Crippen LogP contribution in [0.15, 0.2) is 29.2 Å². The minimum absolute atomic E-state index is 0.0390. The first kappa shape index (κ1) is 17.0. The van der Waals surface area contributed by atoms with Crippen LogP contribution in [0.4, 0.5) is 0 Å². The second-order valence-corrected chi connectivity index (χ2v) is 7.88. The van der Waals surface area contributed by atoms with E-state index in [0.717, 1.165) is 31.2 Å². The lowest BCUT2D eigenvalue weighted by Crippen LogP contribution is -2.34. The molecule has 2 rings (SSSR count). The predicted molar refractivity (Wildman–Crippen MR) is 84.2 cm³/mol. The molecule has 0 aromatic heterocycles. The van der Waals surface area contributed by atoms with E-state index in [-0.39, 0.29) is 11.9 Å². The predicted octanol–water partition coefficient (Wildman–Crippen LogP) is 1.91. The molecule has 0 radical (unpaired) electrons. The summed E-state index contributed by atoms with van der Waals surface area (Å²) in [6, 6.07) is 7.35. The molecule has 0 aliphatic heterocycles. The van der Waals surface area contributed by atoms with E-state index in [4.69, 9.17) is 4.74 Å². The number of hydrogen-bond acceptors (Lipinski definition) is 5. The topological polar surface area (TPSA) is 72.5 Å². The summed E-state index contributed by atoms with van der Waals surface area (Å²) in [5.41, 5.74) is 1.06. The lowest BCUT2D eigenvalue weighted by atomic mass is 9.86. The fraction of sp³-hybridized carbons (Fsp3) is 0.562. The van der Waals surface area contributed by atoms with E-state index >= 15 is 0 Å². The second kappa shape index (κ2) is 7.24. The molecule has 0 unspecified atom stereocenters. The van der Waals surface area contributed by atoms with Gasteiger partial charge in [0.25, 0.3) is 0 Å². The number of nitrogens with one attached hydrogen (secondary N) is 1. The van der Waals surface area contributed by atoms with E-state index in [1.165, 1.54) is 13.4 Å². The van der Waals surface area contributed by atoms with Gasteiger partial charge in [-0.05, 0) is 43.4 Å². The van der Waals surface area contributed by atoms with E-state index < -0.39 is 9.84 Å². The molecule has 1 aliphatic rings. The molecule has 0 atom stereocenters. The molecule has 1 aromatic carbocycles. The van der Waals surface area contributed by atoms with Crippen LogP contribution in [0.2, 0.25) is 0 Å². The number of ether oxygens (including phenoxy) is 1. The summed E-state index contributed by atoms with van der Waals surface area (Å²) >= 11 is 0. The van der Waals surface area contributed by atoms with E-state index in [1.54, 1.807) is 12.1 Å². The Morgan fingerprint density at radius 3 is 2.27 bits per heavy atom. The van der Waals surface area contributed by atoms with Gasteiger partial charge in [-0.15, -0.1) is 0 Å². The van der Waals surface area contributed by atoms with E-state index in [9.17, 15) is 13.2 Å². The molecule has 0 bridgehead atoms. The van der Waals surface area contributed by atoms with Crippen LogP contribution in [0.3, 0.4) is 0 Å². The average Bonchev–Trinajstić information content (AvgIpc) is 2.52. The Morgan fingerprint density at radius 2 is 1.77 bits per heavy atom. The molecule has 1 saturated carbocycles. The van der Waals surface area contributed by atoms with Crippen LogP contribution < -0.4 is 5.32 Å². The number of carbonyl (C=O) groups excluding carboxylic acids is 1. The fourth-order valence-corrected chi connectivity index (χ4v) is 3.45. The summed E-state index contributed by atoms with van der Waals surface area (Å²) in [6.45, 7) is 0.706. The normalized spacial score (nSPS) is 22.3. The van der Waals surface area contributed by atoms with Crippen LogP contribution in [0.1, 0.15) is 31.2 Å². The molecular weight excluding hydrogens is 302 g/mol. The number of carbonyl (C=O) groups is 1. The van der Waals surface area contributed by atoms with Crippen molar-refractivity contribution in [2.24, 2.45) is 5.92 Å². The minimum Gasteiger partial charge on any atom is -0.469 e. The van der Waals surface area contributed by atoms with E-state index in [1.807, 2.05) is 12.1 Å². The maximum Gasteiger partial charge on any atom is 0.308 e. The van der Waals surface area contributed by atoms with Crippen molar-refractivity contribution in [2.45, 2.75) is 43.2 Å². The molecule has 1 N–H and O–H groups in total. The Morgan fingerprint density at radius 1 is 1.18 bits per heavy atom. The van der Waals surface area contributed by atoms with Crippen molar-refractivity contribution in [1.82, 2.24) is 5.32 Å². The van der Waals surface area contributed by atoms with Crippen LogP contribution >= 0.6 is 0 Å². The average molecular weight is 325 g/mol. The van der Waals surface area contributed by atoms with E-state index in [2.05, 4.69) is 5.32 Å². The first-order chi connectivity index (χ1) is 10.4. The van der Waals surface area contributed by atoms with Crippen molar-refractivity contribution in [3.63, 3.8) is 0 Å². The van der Waals surface area contributed by atoms with Crippen molar-refractivity contribution < 1.29 is 17.9 Å². The van der Waals surface area contributed by atoms with Gasteiger partial charge in [0, 0.05) is 18.8 Å². The largest absolute Gasteiger partial charge is 0.469 e. The van der Waals surface area contributed by atoms with Crippen LogP contribution in [0, 0.1) is 5.92 Å². The zero-order chi connectivity index (χ0) is 16.2. The highest BCUT2D eigenvalue weighted by Crippen LogP contribution is 2.25. The number of sulfone groups is 1. The third kappa shape index (κ3) is 4.55. The van der Waals surface area contributed by atoms with Gasteiger partial charge >= 0.3 is 5.97 Å². The van der Waals surface area contributed by atoms with Gasteiger partial charge in [0.05, 0.1) is 17.9 Å². The van der Waals surface area contributed by atoms with Crippen LogP contribution in [-0.2, 0) is 25.9 Å². The Bertz CT molecular complexity index is 602. The van der Waals surface area contributed by atoms with Crippen molar-refractivity contribution >= 4 is 15.8 Å². The molecule has 122 valence electrons. The third-order valence-corrected chi connectivity index (χ3v) is 5.34. The maximum atomic E-state index is 11.5. The molecule has 0 heterocycles. The summed E-state index contributed by atoms with van der Waals surface area (Å²) < 4.78 is 27.6. The van der Waals surface area contributed by atoms with Gasteiger partial charge in [-0.2, -0.15) is 0 Å². The lowest BCUT2D eigenvalue weighted by molar-refractivity contribution is -0.146. The Labute approximate surface area is 132 Å². The molecule has 0 saturated heterocycles. The number of hydrogen-bond donors (Lipinski definition) is 1. The molecular formula is C16H23NO4S. The minimum atomic E-state index is -3.14. The third-order valence-electron chi connectivity index (χ3n) is 4.21. The summed E-state index contributed by atoms with van der Waals surface area (Å²) in [5.74, 6) is -0.0630. The summed E-state index contributed by atoms with van der Waals surface area (Å²) in [4.78, 5) is 11.8. The van der Waals surface area contributed by atoms with Crippen molar-refractivity contribution in [3.8, 4) is 0 Å². The highest BCUT2D eigenvalue weighted by atomic mass is 32.2. The van der Waals surface area contributed by atoms with Gasteiger partial charge in [-0.25, -0.2) is 8.42 Å². The Kier molecular flexibility index (Phi) is 5.58. The molecule has 0 amide bonds. The van der Waals surface area contributed by atoms with Crippen molar-refractivity contribution in [3.05, 3.63) is 29.8 Å². The van der Waals surface area contributed by atoms with Gasteiger partial charge in [-0.1, -0.05) is 12.1 Å². The quantitative estimate of drug-likeness (QED) is 0.837. The van der Waals surface area contributed by atoms with Gasteiger partial charge < -0.3 is 10.1 Å². The highest BCUT2D eigenvalue weighted by Gasteiger charge is 2.26. The second-order valence-electron chi connectivity index (χ2n) is 5.87. The molecule has 22 heavy (non-hydrogen) atoms. The molecule has 5 nitrogen and oxygen atoms in total. The van der Waals surface area contributed by atoms with Crippen LogP contribution in [-0.4, -0.2) is 33.8 Å². The fourth-order valence-electron chi connectivity index (χ4n) is 2.82. The number of methoxy groups -OCH3 is 1. The van der Waals surface area contributed by atoms with E-state index in [0.29, 0.717) is 17.5 Å². The molecule has 1 aromatic rings. The smallest absolute Gasteiger partial charge is 0.308 e. The summed E-state index contributed by atoms with van der Waals surface area (Å²) in [5, 5.41) is 3.47. The van der Waals surface area contributed by atoms with Crippen LogP contribution in [0.25, 0.3) is 0 Å². The SMILES string of the molecule is COC(=O)C1CCC(NCc2ccc(S(C)(=O)=O)cc2)CC1.